The Morgan fingerprint density at radius 2 is 2.07 bits per heavy atom. The third kappa shape index (κ3) is 6.29. The lowest BCUT2D eigenvalue weighted by molar-refractivity contribution is -0.116. The number of sulfonamides is 1. The number of guanidine groups is 1. The van der Waals surface area contributed by atoms with E-state index in [-0.39, 0.29) is 41.8 Å². The molecule has 2 atom stereocenters. The van der Waals surface area contributed by atoms with E-state index in [9.17, 15) is 13.2 Å². The largest absolute Gasteiger partial charge is 0.357 e. The average Bonchev–Trinajstić information content (AvgIpc) is 3.12. The van der Waals surface area contributed by atoms with Gasteiger partial charge in [0, 0.05) is 43.7 Å². The van der Waals surface area contributed by atoms with Gasteiger partial charge in [0.1, 0.15) is 0 Å². The van der Waals surface area contributed by atoms with Gasteiger partial charge in [0.25, 0.3) is 0 Å². The van der Waals surface area contributed by atoms with Gasteiger partial charge in [-0.1, -0.05) is 18.2 Å². The highest BCUT2D eigenvalue weighted by Gasteiger charge is 2.31. The lowest BCUT2D eigenvalue weighted by atomic mass is 9.90. The summed E-state index contributed by atoms with van der Waals surface area (Å²) in [6.45, 7) is 4.25. The smallest absolute Gasteiger partial charge is 0.225 e. The van der Waals surface area contributed by atoms with Gasteiger partial charge in [-0.05, 0) is 31.4 Å². The molecule has 1 saturated heterocycles. The molecule has 0 aliphatic carbocycles. The van der Waals surface area contributed by atoms with Crippen LogP contribution in [0.25, 0.3) is 0 Å². The summed E-state index contributed by atoms with van der Waals surface area (Å²) in [5, 5.41) is 9.43. The minimum atomic E-state index is -3.20. The Bertz CT molecular complexity index is 846. The van der Waals surface area contributed by atoms with E-state index in [0.717, 1.165) is 24.1 Å². The molecule has 162 valence electrons. The van der Waals surface area contributed by atoms with Gasteiger partial charge >= 0.3 is 0 Å². The summed E-state index contributed by atoms with van der Waals surface area (Å²) in [5.41, 5.74) is 1.98. The molecule has 0 bridgehead atoms. The molecule has 0 spiro atoms. The molecule has 1 fully saturated rings. The zero-order valence-electron chi connectivity index (χ0n) is 16.8. The first-order valence-electron chi connectivity index (χ1n) is 9.76. The highest BCUT2D eigenvalue weighted by molar-refractivity contribution is 14.0. The van der Waals surface area contributed by atoms with Crippen molar-refractivity contribution in [3.05, 3.63) is 29.8 Å². The molecule has 2 aliphatic heterocycles. The van der Waals surface area contributed by atoms with Crippen molar-refractivity contribution in [2.75, 3.05) is 37.8 Å². The topological polar surface area (TPSA) is 103 Å². The van der Waals surface area contributed by atoms with Crippen molar-refractivity contribution in [3.8, 4) is 0 Å². The number of benzene rings is 1. The molecule has 1 aromatic rings. The molecule has 0 saturated carbocycles. The van der Waals surface area contributed by atoms with E-state index >= 15 is 0 Å². The number of halogens is 1. The van der Waals surface area contributed by atoms with Crippen LogP contribution in [-0.4, -0.2) is 63.1 Å². The fourth-order valence-electron chi connectivity index (χ4n) is 3.87. The van der Waals surface area contributed by atoms with Crippen LogP contribution in [0.5, 0.6) is 0 Å². The van der Waals surface area contributed by atoms with Crippen LogP contribution in [-0.2, 0) is 14.8 Å². The number of para-hydroxylation sites is 1. The van der Waals surface area contributed by atoms with Crippen LogP contribution in [0.15, 0.2) is 29.3 Å². The van der Waals surface area contributed by atoms with Crippen molar-refractivity contribution in [3.63, 3.8) is 0 Å². The summed E-state index contributed by atoms with van der Waals surface area (Å²) in [4.78, 5) is 16.6. The van der Waals surface area contributed by atoms with Crippen molar-refractivity contribution in [1.82, 2.24) is 14.9 Å². The second-order valence-corrected chi connectivity index (χ2v) is 9.24. The Morgan fingerprint density at radius 3 is 2.79 bits per heavy atom. The number of carbonyl (C=O) groups excluding carboxylic acids is 1. The van der Waals surface area contributed by atoms with Crippen LogP contribution in [0.4, 0.5) is 5.69 Å². The second kappa shape index (κ2) is 10.6. The molecule has 10 heteroatoms. The molecule has 3 N–H and O–H groups in total. The van der Waals surface area contributed by atoms with Gasteiger partial charge in [-0.3, -0.25) is 9.79 Å². The molecule has 2 heterocycles. The Balaban J connectivity index is 0.00000300. The number of nitrogens with one attached hydrogen (secondary N) is 3. The van der Waals surface area contributed by atoms with Gasteiger partial charge in [-0.2, -0.15) is 4.31 Å². The number of fused-ring (bicyclic) bond motifs is 1. The zero-order valence-corrected chi connectivity index (χ0v) is 20.0. The van der Waals surface area contributed by atoms with Gasteiger partial charge < -0.3 is 16.0 Å². The zero-order chi connectivity index (χ0) is 20.1. The molecule has 1 amide bonds. The number of amides is 1. The normalized spacial score (nSPS) is 22.4. The van der Waals surface area contributed by atoms with E-state index in [1.807, 2.05) is 31.2 Å². The highest BCUT2D eigenvalue weighted by atomic mass is 127. The molecule has 1 aromatic carbocycles. The molecule has 1 unspecified atom stereocenters. The van der Waals surface area contributed by atoms with Crippen LogP contribution in [0.1, 0.15) is 37.7 Å². The molecule has 8 nitrogen and oxygen atoms in total. The number of nitrogens with zero attached hydrogens (tertiary/aromatic N) is 2. The number of anilines is 1. The number of aliphatic imine (C=N–C) groups is 1. The molecular weight excluding hydrogens is 505 g/mol. The van der Waals surface area contributed by atoms with E-state index in [4.69, 9.17) is 0 Å². The van der Waals surface area contributed by atoms with E-state index < -0.39 is 10.0 Å². The lowest BCUT2D eigenvalue weighted by Crippen LogP contribution is -2.42. The molecule has 29 heavy (non-hydrogen) atoms. The van der Waals surface area contributed by atoms with Crippen LogP contribution in [0, 0.1) is 0 Å². The number of carbonyl (C=O) groups is 1. The van der Waals surface area contributed by atoms with E-state index in [1.54, 1.807) is 4.31 Å². The van der Waals surface area contributed by atoms with Gasteiger partial charge in [-0.15, -0.1) is 24.0 Å². The van der Waals surface area contributed by atoms with E-state index in [2.05, 4.69) is 20.9 Å². The summed E-state index contributed by atoms with van der Waals surface area (Å²) < 4.78 is 25.3. The Hall–Kier alpha value is -1.40. The predicted octanol–water partition coefficient (Wildman–Crippen LogP) is 1.71. The SMILES string of the molecule is CCNC(=NC[C@H]1CCCN1S(C)(=O)=O)NCC1CC(=O)Nc2ccccc21.I. The Morgan fingerprint density at radius 1 is 1.31 bits per heavy atom. The molecule has 0 radical (unpaired) electrons. The lowest BCUT2D eigenvalue weighted by Gasteiger charge is -2.26. The third-order valence-corrected chi connectivity index (χ3v) is 6.51. The molecule has 3 rings (SSSR count). The van der Waals surface area contributed by atoms with Crippen molar-refractivity contribution in [2.24, 2.45) is 4.99 Å². The first-order chi connectivity index (χ1) is 13.4. The van der Waals surface area contributed by atoms with Gasteiger partial charge in [0.15, 0.2) is 5.96 Å². The van der Waals surface area contributed by atoms with Crippen LogP contribution < -0.4 is 16.0 Å². The summed E-state index contributed by atoms with van der Waals surface area (Å²) in [6.07, 6.45) is 3.37. The maximum absolute atomic E-state index is 12.0. The average molecular weight is 535 g/mol. The highest BCUT2D eigenvalue weighted by Crippen LogP contribution is 2.31. The van der Waals surface area contributed by atoms with Crippen molar-refractivity contribution in [2.45, 2.75) is 38.1 Å². The molecular formula is C19H30IN5O3S. The van der Waals surface area contributed by atoms with Crippen LogP contribution >= 0.6 is 24.0 Å². The van der Waals surface area contributed by atoms with Crippen LogP contribution in [0.3, 0.4) is 0 Å². The summed E-state index contributed by atoms with van der Waals surface area (Å²) in [5.74, 6) is 0.723. The summed E-state index contributed by atoms with van der Waals surface area (Å²) in [7, 11) is -3.20. The van der Waals surface area contributed by atoms with Gasteiger partial charge in [0.05, 0.1) is 12.8 Å². The summed E-state index contributed by atoms with van der Waals surface area (Å²) >= 11 is 0. The Kier molecular flexibility index (Phi) is 8.71. The summed E-state index contributed by atoms with van der Waals surface area (Å²) in [6, 6.07) is 7.75. The first kappa shape index (κ1) is 23.9. The second-order valence-electron chi connectivity index (χ2n) is 7.31. The fraction of sp³-hybridized carbons (Fsp3) is 0.579. The Labute approximate surface area is 190 Å². The standard InChI is InChI=1S/C19H29N5O3S.HI/c1-3-20-19(22-13-15-7-6-10-24(15)28(2,26)27)21-12-14-11-18(25)23-17-9-5-4-8-16(14)17;/h4-5,8-9,14-15H,3,6-7,10-13H2,1-2H3,(H,23,25)(H2,20,21,22);1H/t14?,15-;/m1./s1. The first-order valence-corrected chi connectivity index (χ1v) is 11.6. The van der Waals surface area contributed by atoms with E-state index in [1.165, 1.54) is 6.26 Å². The third-order valence-electron chi connectivity index (χ3n) is 5.18. The maximum atomic E-state index is 12.0. The van der Waals surface area contributed by atoms with Gasteiger partial charge in [0.2, 0.25) is 15.9 Å². The van der Waals surface area contributed by atoms with Crippen molar-refractivity contribution < 1.29 is 13.2 Å². The monoisotopic (exact) mass is 535 g/mol. The number of hydrogen-bond donors (Lipinski definition) is 3. The maximum Gasteiger partial charge on any atom is 0.225 e. The quantitative estimate of drug-likeness (QED) is 0.293. The fourth-order valence-corrected chi connectivity index (χ4v) is 5.04. The predicted molar refractivity (Wildman–Crippen MR) is 126 cm³/mol. The van der Waals surface area contributed by atoms with Crippen LogP contribution in [0.2, 0.25) is 0 Å². The molecule has 2 aliphatic rings. The molecule has 0 aromatic heterocycles. The van der Waals surface area contributed by atoms with Crippen molar-refractivity contribution >= 4 is 51.6 Å². The van der Waals surface area contributed by atoms with E-state index in [0.29, 0.717) is 38.6 Å². The minimum Gasteiger partial charge on any atom is -0.357 e. The number of hydrogen-bond acceptors (Lipinski definition) is 4. The van der Waals surface area contributed by atoms with Gasteiger partial charge in [-0.25, -0.2) is 8.42 Å². The number of rotatable bonds is 6. The minimum absolute atomic E-state index is 0. The van der Waals surface area contributed by atoms with Crippen molar-refractivity contribution in [1.29, 1.82) is 0 Å².